The van der Waals surface area contributed by atoms with Gasteiger partial charge in [-0.15, -0.1) is 22.7 Å². The number of likely N-dealkylation sites (tertiary alicyclic amines) is 1. The van der Waals surface area contributed by atoms with E-state index in [1.165, 1.54) is 18.4 Å². The van der Waals surface area contributed by atoms with Crippen LogP contribution in [0.5, 0.6) is 23.0 Å². The van der Waals surface area contributed by atoms with E-state index in [1.807, 2.05) is 29.6 Å². The van der Waals surface area contributed by atoms with Crippen LogP contribution in [0.3, 0.4) is 0 Å². The number of carbonyl (C=O) groups is 3. The number of rotatable bonds is 4. The number of aryl methyl sites for hydroxylation is 1. The molecule has 1 fully saturated rings. The number of hydrogen-bond donors (Lipinski definition) is 2. The first-order valence-electron chi connectivity index (χ1n) is 14.4. The standard InChI is InChI=1S/C32H32N4O7S2/c1-40-25-13-21-8-7-20(25)14-33-29(37)10-6-19-5-9-24(26(12-19)41-2)42-17-30(38)34-22-15-36(16-27(22)43-21)32(39)23-18-45-31(35-23)28-4-3-11-44-28/h3-5,7-9,11-13,18,22,27H,6,10,14-17H2,1-2H3,(H,33,37)(H,34,38)/t22-,27-/m1/s1. The van der Waals surface area contributed by atoms with Crippen molar-refractivity contribution in [2.24, 2.45) is 0 Å². The molecule has 45 heavy (non-hydrogen) atoms. The number of thiophene rings is 1. The molecule has 234 valence electrons. The Hall–Kier alpha value is -4.62. The Labute approximate surface area is 268 Å². The Balaban J connectivity index is 1.26. The summed E-state index contributed by atoms with van der Waals surface area (Å²) in [5.74, 6) is 1.20. The van der Waals surface area contributed by atoms with E-state index < -0.39 is 12.1 Å². The average molecular weight is 649 g/mol. The topological polar surface area (TPSA) is 128 Å². The van der Waals surface area contributed by atoms with E-state index in [4.69, 9.17) is 18.9 Å². The van der Waals surface area contributed by atoms with Crippen LogP contribution >= 0.6 is 22.7 Å². The minimum atomic E-state index is -0.567. The molecule has 2 aromatic carbocycles. The molecule has 4 bridgehead atoms. The number of hydrogen-bond acceptors (Lipinski definition) is 10. The van der Waals surface area contributed by atoms with Crippen LogP contribution in [0.2, 0.25) is 0 Å². The number of carbonyl (C=O) groups excluding carboxylic acids is 3. The van der Waals surface area contributed by atoms with Gasteiger partial charge in [-0.2, -0.15) is 0 Å². The Morgan fingerprint density at radius 3 is 2.67 bits per heavy atom. The summed E-state index contributed by atoms with van der Waals surface area (Å²) in [6.07, 6.45) is 0.216. The van der Waals surface area contributed by atoms with Crippen molar-refractivity contribution in [3.63, 3.8) is 0 Å². The van der Waals surface area contributed by atoms with Gasteiger partial charge in [0.05, 0.1) is 31.7 Å². The largest absolute Gasteiger partial charge is 0.496 e. The van der Waals surface area contributed by atoms with Gasteiger partial charge in [-0.25, -0.2) is 4.98 Å². The lowest BCUT2D eigenvalue weighted by atomic mass is 10.1. The fourth-order valence-electron chi connectivity index (χ4n) is 5.28. The lowest BCUT2D eigenvalue weighted by Crippen LogP contribution is -2.46. The van der Waals surface area contributed by atoms with Gasteiger partial charge in [-0.05, 0) is 47.7 Å². The molecule has 9 rings (SSSR count). The van der Waals surface area contributed by atoms with Crippen LogP contribution in [-0.4, -0.2) is 73.7 Å². The van der Waals surface area contributed by atoms with Gasteiger partial charge in [-0.1, -0.05) is 12.1 Å². The highest BCUT2D eigenvalue weighted by molar-refractivity contribution is 7.20. The quantitative estimate of drug-likeness (QED) is 0.341. The molecule has 5 aliphatic heterocycles. The Bertz CT molecular complexity index is 1690. The maximum atomic E-state index is 13.6. The molecule has 1 saturated heterocycles. The van der Waals surface area contributed by atoms with Crippen LogP contribution in [-0.2, 0) is 22.6 Å². The second kappa shape index (κ2) is 13.6. The van der Waals surface area contributed by atoms with Gasteiger partial charge in [0, 0.05) is 36.5 Å². The summed E-state index contributed by atoms with van der Waals surface area (Å²) in [4.78, 5) is 46.5. The predicted octanol–water partition coefficient (Wildman–Crippen LogP) is 3.92. The van der Waals surface area contributed by atoms with Crippen LogP contribution in [0.15, 0.2) is 59.3 Å². The molecule has 0 aliphatic carbocycles. The summed E-state index contributed by atoms with van der Waals surface area (Å²) in [6, 6.07) is 14.1. The lowest BCUT2D eigenvalue weighted by molar-refractivity contribution is -0.124. The summed E-state index contributed by atoms with van der Waals surface area (Å²) >= 11 is 2.98. The monoisotopic (exact) mass is 648 g/mol. The summed E-state index contributed by atoms with van der Waals surface area (Å²) < 4.78 is 23.3. The summed E-state index contributed by atoms with van der Waals surface area (Å²) in [6.45, 7) is 0.463. The average Bonchev–Trinajstić information content (AvgIpc) is 3.83. The van der Waals surface area contributed by atoms with Gasteiger partial charge in [0.15, 0.2) is 18.1 Å². The Morgan fingerprint density at radius 2 is 1.87 bits per heavy atom. The van der Waals surface area contributed by atoms with Gasteiger partial charge < -0.3 is 34.5 Å². The second-order valence-electron chi connectivity index (χ2n) is 10.6. The molecule has 0 spiro atoms. The van der Waals surface area contributed by atoms with Crippen LogP contribution in [0.25, 0.3) is 9.88 Å². The highest BCUT2D eigenvalue weighted by Crippen LogP contribution is 2.31. The van der Waals surface area contributed by atoms with Crippen LogP contribution < -0.4 is 29.6 Å². The fourth-order valence-corrected chi connectivity index (χ4v) is 6.89. The number of aromatic nitrogens is 1. The minimum absolute atomic E-state index is 0.107. The summed E-state index contributed by atoms with van der Waals surface area (Å²) in [5.41, 5.74) is 2.03. The normalized spacial score (nSPS) is 18.8. The van der Waals surface area contributed by atoms with Gasteiger partial charge in [-0.3, -0.25) is 14.4 Å². The highest BCUT2D eigenvalue weighted by Gasteiger charge is 2.39. The van der Waals surface area contributed by atoms with Crippen molar-refractivity contribution in [2.45, 2.75) is 31.5 Å². The molecule has 3 amide bonds. The van der Waals surface area contributed by atoms with Gasteiger partial charge in [0.1, 0.15) is 28.3 Å². The number of thiazole rings is 1. The maximum Gasteiger partial charge on any atom is 0.273 e. The third-order valence-corrected chi connectivity index (χ3v) is 9.49. The van der Waals surface area contributed by atoms with E-state index >= 15 is 0 Å². The van der Waals surface area contributed by atoms with Crippen LogP contribution in [0, 0.1) is 0 Å². The third kappa shape index (κ3) is 7.04. The van der Waals surface area contributed by atoms with E-state index in [2.05, 4.69) is 15.6 Å². The van der Waals surface area contributed by atoms with Gasteiger partial charge in [0.25, 0.3) is 11.8 Å². The number of ether oxygens (including phenoxy) is 4. The molecule has 0 radical (unpaired) electrons. The van der Waals surface area contributed by atoms with E-state index in [9.17, 15) is 14.4 Å². The third-order valence-electron chi connectivity index (χ3n) is 7.60. The zero-order chi connectivity index (χ0) is 31.3. The van der Waals surface area contributed by atoms with Crippen molar-refractivity contribution in [3.05, 3.63) is 76.1 Å². The first-order chi connectivity index (χ1) is 21.9. The highest BCUT2D eigenvalue weighted by atomic mass is 32.1. The Morgan fingerprint density at radius 1 is 1.00 bits per heavy atom. The summed E-state index contributed by atoms with van der Waals surface area (Å²) in [5, 5.41) is 10.5. The first-order valence-corrected chi connectivity index (χ1v) is 16.1. The molecule has 2 aromatic heterocycles. The van der Waals surface area contributed by atoms with Crippen molar-refractivity contribution in [1.82, 2.24) is 20.5 Å². The smallest absolute Gasteiger partial charge is 0.273 e. The van der Waals surface area contributed by atoms with Crippen molar-refractivity contribution in [3.8, 4) is 32.9 Å². The molecule has 0 unspecified atom stereocenters. The number of benzene rings is 2. The predicted molar refractivity (Wildman–Crippen MR) is 169 cm³/mol. The number of methoxy groups -OCH3 is 2. The number of nitrogens with zero attached hydrogens (tertiary/aromatic N) is 2. The summed E-state index contributed by atoms with van der Waals surface area (Å²) in [7, 11) is 3.07. The number of amides is 3. The molecule has 13 heteroatoms. The molecular formula is C32H32N4O7S2. The van der Waals surface area contributed by atoms with Gasteiger partial charge >= 0.3 is 0 Å². The second-order valence-corrected chi connectivity index (χ2v) is 12.4. The number of nitrogens with one attached hydrogen (secondary N) is 2. The van der Waals surface area contributed by atoms with Crippen LogP contribution in [0.4, 0.5) is 0 Å². The molecule has 2 N–H and O–H groups in total. The first kappa shape index (κ1) is 30.4. The zero-order valence-electron chi connectivity index (χ0n) is 24.7. The van der Waals surface area contributed by atoms with Gasteiger partial charge in [0.2, 0.25) is 5.91 Å². The van der Waals surface area contributed by atoms with E-state index in [0.29, 0.717) is 35.1 Å². The Kier molecular flexibility index (Phi) is 9.17. The van der Waals surface area contributed by atoms with Crippen molar-refractivity contribution in [1.29, 1.82) is 0 Å². The maximum absolute atomic E-state index is 13.6. The fraction of sp³-hybridized carbons (Fsp3) is 0.312. The van der Waals surface area contributed by atoms with E-state index in [1.54, 1.807) is 53.0 Å². The van der Waals surface area contributed by atoms with Crippen molar-refractivity contribution < 1.29 is 33.3 Å². The zero-order valence-corrected chi connectivity index (χ0v) is 26.4. The van der Waals surface area contributed by atoms with Crippen molar-refractivity contribution in [2.75, 3.05) is 33.9 Å². The molecule has 7 heterocycles. The lowest BCUT2D eigenvalue weighted by Gasteiger charge is -2.22. The SMILES string of the molecule is COc1cc2ccc1CNC(=O)CCc1ccc(c(OC)c1)OCC(=O)N[C@@H]1CN(C(=O)c3csc(-c4cccs4)n3)C[C@H]1O2. The van der Waals surface area contributed by atoms with Crippen molar-refractivity contribution >= 4 is 40.4 Å². The molecule has 4 aromatic rings. The molecule has 0 saturated carbocycles. The molecule has 11 nitrogen and oxygen atoms in total. The molecule has 2 atom stereocenters. The molecule has 5 aliphatic rings. The van der Waals surface area contributed by atoms with E-state index in [-0.39, 0.29) is 50.4 Å². The minimum Gasteiger partial charge on any atom is -0.496 e. The molecular weight excluding hydrogens is 617 g/mol. The van der Waals surface area contributed by atoms with Crippen LogP contribution in [0.1, 0.15) is 28.0 Å². The van der Waals surface area contributed by atoms with E-state index in [0.717, 1.165) is 21.0 Å².